The van der Waals surface area contributed by atoms with Crippen molar-refractivity contribution in [3.8, 4) is 0 Å². The Balaban J connectivity index is 2.22. The van der Waals surface area contributed by atoms with E-state index in [1.165, 1.54) is 23.0 Å². The Hall–Kier alpha value is -1.76. The highest BCUT2D eigenvalue weighted by Crippen LogP contribution is 2.16. The third-order valence-corrected chi connectivity index (χ3v) is 2.65. The minimum atomic E-state index is -0.589. The highest BCUT2D eigenvalue weighted by Gasteiger charge is 2.12. The van der Waals surface area contributed by atoms with Gasteiger partial charge in [-0.3, -0.25) is 0 Å². The summed E-state index contributed by atoms with van der Waals surface area (Å²) in [7, 11) is 0. The van der Waals surface area contributed by atoms with E-state index in [0.717, 1.165) is 0 Å². The van der Waals surface area contributed by atoms with Crippen LogP contribution in [0.15, 0.2) is 34.9 Å². The molecule has 0 N–H and O–H groups in total. The van der Waals surface area contributed by atoms with Crippen LogP contribution in [0.2, 0.25) is 0 Å². The molecule has 0 saturated heterocycles. The fourth-order valence-electron chi connectivity index (χ4n) is 1.36. The van der Waals surface area contributed by atoms with Crippen LogP contribution < -0.4 is 0 Å². The van der Waals surface area contributed by atoms with Crippen LogP contribution in [-0.2, 0) is 6.54 Å². The number of aromatic nitrogens is 2. The van der Waals surface area contributed by atoms with Gasteiger partial charge < -0.3 is 10.1 Å². The van der Waals surface area contributed by atoms with E-state index in [0.29, 0.717) is 10.0 Å². The molecule has 88 valence electrons. The summed E-state index contributed by atoms with van der Waals surface area (Å²) in [5, 5.41) is 14.1. The predicted octanol–water partition coefficient (Wildman–Crippen LogP) is 2.74. The first-order valence-electron chi connectivity index (χ1n) is 4.68. The van der Waals surface area contributed by atoms with Crippen molar-refractivity contribution >= 4 is 21.7 Å². The molecule has 0 aliphatic carbocycles. The smallest absolute Gasteiger partial charge is 0.358 e. The maximum Gasteiger partial charge on any atom is 0.389 e. The number of rotatable bonds is 3. The topological polar surface area (TPSA) is 61.0 Å². The quantitative estimate of drug-likeness (QED) is 0.647. The highest BCUT2D eigenvalue weighted by molar-refractivity contribution is 9.10. The standard InChI is InChI=1S/C10H7BrFN3O2/c11-8-2-1-7(9(12)5-8)6-14-4-3-10(13-14)15(16)17/h1-5H,6H2. The number of benzene rings is 1. The first kappa shape index (κ1) is 11.7. The monoisotopic (exact) mass is 299 g/mol. The van der Waals surface area contributed by atoms with Gasteiger partial charge in [0.05, 0.1) is 23.9 Å². The van der Waals surface area contributed by atoms with Crippen molar-refractivity contribution in [1.29, 1.82) is 0 Å². The van der Waals surface area contributed by atoms with Crippen molar-refractivity contribution in [2.75, 3.05) is 0 Å². The highest BCUT2D eigenvalue weighted by atomic mass is 79.9. The van der Waals surface area contributed by atoms with Gasteiger partial charge in [0, 0.05) is 10.0 Å². The lowest BCUT2D eigenvalue weighted by atomic mass is 10.2. The van der Waals surface area contributed by atoms with Crippen LogP contribution >= 0.6 is 15.9 Å². The summed E-state index contributed by atoms with van der Waals surface area (Å²) >= 11 is 3.15. The molecule has 1 heterocycles. The molecular formula is C10H7BrFN3O2. The van der Waals surface area contributed by atoms with Crippen LogP contribution in [0.3, 0.4) is 0 Å². The summed E-state index contributed by atoms with van der Waals surface area (Å²) in [5.41, 5.74) is 0.422. The zero-order valence-electron chi connectivity index (χ0n) is 8.51. The second-order valence-electron chi connectivity index (χ2n) is 3.36. The van der Waals surface area contributed by atoms with Gasteiger partial charge in [-0.1, -0.05) is 22.0 Å². The van der Waals surface area contributed by atoms with Crippen LogP contribution in [0.5, 0.6) is 0 Å². The molecule has 2 rings (SSSR count). The number of nitrogens with zero attached hydrogens (tertiary/aromatic N) is 3. The maximum atomic E-state index is 13.5. The van der Waals surface area contributed by atoms with Gasteiger partial charge in [0.15, 0.2) is 0 Å². The minimum absolute atomic E-state index is 0.160. The van der Waals surface area contributed by atoms with Gasteiger partial charge in [-0.2, -0.15) is 4.68 Å². The number of halogens is 2. The van der Waals surface area contributed by atoms with E-state index in [1.807, 2.05) is 0 Å². The van der Waals surface area contributed by atoms with Crippen molar-refractivity contribution in [3.63, 3.8) is 0 Å². The van der Waals surface area contributed by atoms with Crippen LogP contribution in [0.1, 0.15) is 5.56 Å². The minimum Gasteiger partial charge on any atom is -0.358 e. The van der Waals surface area contributed by atoms with E-state index in [2.05, 4.69) is 21.0 Å². The summed E-state index contributed by atoms with van der Waals surface area (Å²) in [5.74, 6) is -0.625. The maximum absolute atomic E-state index is 13.5. The van der Waals surface area contributed by atoms with Crippen LogP contribution in [0.4, 0.5) is 10.2 Å². The number of hydrogen-bond donors (Lipinski definition) is 0. The summed E-state index contributed by atoms with van der Waals surface area (Å²) < 4.78 is 15.5. The predicted molar refractivity (Wildman–Crippen MR) is 62.1 cm³/mol. The Morgan fingerprint density at radius 3 is 2.82 bits per heavy atom. The molecule has 0 atom stereocenters. The molecule has 1 aromatic heterocycles. The third-order valence-electron chi connectivity index (χ3n) is 2.16. The first-order chi connectivity index (χ1) is 8.06. The fourth-order valence-corrected chi connectivity index (χ4v) is 1.69. The second kappa shape index (κ2) is 4.62. The summed E-state index contributed by atoms with van der Waals surface area (Å²) in [6, 6.07) is 5.92. The van der Waals surface area contributed by atoms with Crippen molar-refractivity contribution < 1.29 is 9.31 Å². The van der Waals surface area contributed by atoms with Crippen LogP contribution in [0.25, 0.3) is 0 Å². The Kier molecular flexibility index (Phi) is 3.19. The van der Waals surface area contributed by atoms with Crippen molar-refractivity contribution in [3.05, 3.63) is 56.4 Å². The Morgan fingerprint density at radius 1 is 1.47 bits per heavy atom. The van der Waals surface area contributed by atoms with Crippen LogP contribution in [-0.4, -0.2) is 14.7 Å². The molecule has 1 aromatic carbocycles. The molecule has 0 saturated carbocycles. The van der Waals surface area contributed by atoms with Gasteiger partial charge in [0.25, 0.3) is 0 Å². The molecule has 2 aromatic rings. The summed E-state index contributed by atoms with van der Waals surface area (Å²) in [6.45, 7) is 0.160. The average molecular weight is 300 g/mol. The molecule has 0 amide bonds. The molecule has 17 heavy (non-hydrogen) atoms. The largest absolute Gasteiger partial charge is 0.389 e. The Labute approximate surface area is 104 Å². The first-order valence-corrected chi connectivity index (χ1v) is 5.47. The van der Waals surface area contributed by atoms with E-state index in [9.17, 15) is 14.5 Å². The van der Waals surface area contributed by atoms with Gasteiger partial charge in [-0.25, -0.2) is 4.39 Å². The van der Waals surface area contributed by atoms with Crippen LogP contribution in [0, 0.1) is 15.9 Å². The Morgan fingerprint density at radius 2 is 2.24 bits per heavy atom. The zero-order chi connectivity index (χ0) is 12.4. The van der Waals surface area contributed by atoms with Gasteiger partial charge in [0.2, 0.25) is 0 Å². The zero-order valence-corrected chi connectivity index (χ0v) is 10.1. The van der Waals surface area contributed by atoms with E-state index in [-0.39, 0.29) is 18.2 Å². The molecule has 0 aliphatic rings. The van der Waals surface area contributed by atoms with Crippen molar-refractivity contribution in [2.45, 2.75) is 6.54 Å². The van der Waals surface area contributed by atoms with Crippen molar-refractivity contribution in [1.82, 2.24) is 9.78 Å². The average Bonchev–Trinajstić information content (AvgIpc) is 2.71. The number of hydrogen-bond acceptors (Lipinski definition) is 3. The van der Waals surface area contributed by atoms with Gasteiger partial charge >= 0.3 is 5.82 Å². The van der Waals surface area contributed by atoms with E-state index < -0.39 is 4.92 Å². The fraction of sp³-hybridized carbons (Fsp3) is 0.100. The number of nitro groups is 1. The van der Waals surface area contributed by atoms with E-state index in [4.69, 9.17) is 0 Å². The molecular weight excluding hydrogens is 293 g/mol. The van der Waals surface area contributed by atoms with Crippen molar-refractivity contribution in [2.24, 2.45) is 0 Å². The lowest BCUT2D eigenvalue weighted by Gasteiger charge is -2.01. The molecule has 0 fully saturated rings. The van der Waals surface area contributed by atoms with E-state index >= 15 is 0 Å². The normalized spacial score (nSPS) is 10.5. The molecule has 0 radical (unpaired) electrons. The van der Waals surface area contributed by atoms with Gasteiger partial charge in [-0.15, -0.1) is 0 Å². The molecule has 7 heteroatoms. The molecule has 0 bridgehead atoms. The molecule has 5 nitrogen and oxygen atoms in total. The third kappa shape index (κ3) is 2.68. The lowest BCUT2D eigenvalue weighted by Crippen LogP contribution is -2.03. The summed E-state index contributed by atoms with van der Waals surface area (Å²) in [4.78, 5) is 9.84. The molecule has 0 spiro atoms. The summed E-state index contributed by atoms with van der Waals surface area (Å²) in [6.07, 6.45) is 1.44. The van der Waals surface area contributed by atoms with Gasteiger partial charge in [0.1, 0.15) is 5.82 Å². The Bertz CT molecular complexity index is 570. The molecule has 0 unspecified atom stereocenters. The lowest BCUT2D eigenvalue weighted by molar-refractivity contribution is -0.389. The van der Waals surface area contributed by atoms with Gasteiger partial charge in [-0.05, 0) is 17.1 Å². The van der Waals surface area contributed by atoms with E-state index in [1.54, 1.807) is 12.1 Å². The SMILES string of the molecule is O=[N+]([O-])c1ccn(Cc2ccc(Br)cc2F)n1. The molecule has 0 aliphatic heterocycles. The second-order valence-corrected chi connectivity index (χ2v) is 4.28.